The van der Waals surface area contributed by atoms with Gasteiger partial charge in [0.15, 0.2) is 5.76 Å². The van der Waals surface area contributed by atoms with Crippen molar-refractivity contribution in [3.63, 3.8) is 0 Å². The van der Waals surface area contributed by atoms with E-state index >= 15 is 0 Å². The SMILES string of the molecule is CCCOc1ccc(-c2ccc(-c3cc(C(=O)O)c4cc([N+](=O)[O-])ccc4n3)o2)cc1. The van der Waals surface area contributed by atoms with Crippen molar-refractivity contribution in [1.82, 2.24) is 4.98 Å². The predicted octanol–water partition coefficient (Wildman–Crippen LogP) is 5.56. The van der Waals surface area contributed by atoms with Crippen molar-refractivity contribution in [1.29, 1.82) is 0 Å². The quantitative estimate of drug-likeness (QED) is 0.309. The van der Waals surface area contributed by atoms with Gasteiger partial charge in [-0.3, -0.25) is 10.1 Å². The number of nitro groups is 1. The van der Waals surface area contributed by atoms with Gasteiger partial charge in [-0.1, -0.05) is 6.92 Å². The lowest BCUT2D eigenvalue weighted by molar-refractivity contribution is -0.384. The molecule has 4 aromatic rings. The number of hydrogen-bond donors (Lipinski definition) is 1. The Morgan fingerprint density at radius 2 is 1.84 bits per heavy atom. The lowest BCUT2D eigenvalue weighted by atomic mass is 10.1. The summed E-state index contributed by atoms with van der Waals surface area (Å²) in [6, 6.07) is 16.3. The summed E-state index contributed by atoms with van der Waals surface area (Å²) in [5.74, 6) is 0.556. The van der Waals surface area contributed by atoms with Crippen LogP contribution in [0.4, 0.5) is 5.69 Å². The van der Waals surface area contributed by atoms with Gasteiger partial charge >= 0.3 is 5.97 Å². The first-order valence-electron chi connectivity index (χ1n) is 9.62. The number of carboxylic acid groups (broad SMARTS) is 1. The molecule has 1 N–H and O–H groups in total. The second kappa shape index (κ2) is 8.27. The summed E-state index contributed by atoms with van der Waals surface area (Å²) in [7, 11) is 0. The number of carbonyl (C=O) groups is 1. The molecule has 0 aliphatic rings. The minimum atomic E-state index is -1.21. The molecule has 2 heterocycles. The minimum absolute atomic E-state index is 0.0842. The lowest BCUT2D eigenvalue weighted by Crippen LogP contribution is -2.01. The minimum Gasteiger partial charge on any atom is -0.494 e. The fourth-order valence-electron chi connectivity index (χ4n) is 3.20. The van der Waals surface area contributed by atoms with Crippen molar-refractivity contribution in [3.8, 4) is 28.5 Å². The number of benzene rings is 2. The molecule has 0 saturated heterocycles. The van der Waals surface area contributed by atoms with E-state index in [1.165, 1.54) is 24.3 Å². The Bertz CT molecular complexity index is 1280. The lowest BCUT2D eigenvalue weighted by Gasteiger charge is -2.06. The third kappa shape index (κ3) is 4.09. The van der Waals surface area contributed by atoms with Crippen molar-refractivity contribution in [2.24, 2.45) is 0 Å². The number of furan rings is 1. The average molecular weight is 418 g/mol. The van der Waals surface area contributed by atoms with Crippen LogP contribution in [0.25, 0.3) is 33.7 Å². The molecule has 0 radical (unpaired) electrons. The zero-order valence-corrected chi connectivity index (χ0v) is 16.6. The molecule has 8 nitrogen and oxygen atoms in total. The van der Waals surface area contributed by atoms with Gasteiger partial charge in [0.1, 0.15) is 17.2 Å². The monoisotopic (exact) mass is 418 g/mol. The maximum atomic E-state index is 11.8. The summed E-state index contributed by atoms with van der Waals surface area (Å²) in [5.41, 5.74) is 1.21. The van der Waals surface area contributed by atoms with Crippen LogP contribution in [0, 0.1) is 10.1 Å². The first kappa shape index (κ1) is 20.1. The van der Waals surface area contributed by atoms with Crippen molar-refractivity contribution in [2.75, 3.05) is 6.61 Å². The van der Waals surface area contributed by atoms with E-state index in [2.05, 4.69) is 4.98 Å². The normalized spacial score (nSPS) is 10.9. The van der Waals surface area contributed by atoms with E-state index in [0.29, 0.717) is 29.3 Å². The van der Waals surface area contributed by atoms with Gasteiger partial charge in [-0.2, -0.15) is 0 Å². The molecule has 2 aromatic heterocycles. The maximum absolute atomic E-state index is 11.8. The summed E-state index contributed by atoms with van der Waals surface area (Å²) in [4.78, 5) is 26.7. The number of pyridine rings is 1. The van der Waals surface area contributed by atoms with Crippen LogP contribution in [-0.4, -0.2) is 27.6 Å². The van der Waals surface area contributed by atoms with Crippen LogP contribution < -0.4 is 4.74 Å². The van der Waals surface area contributed by atoms with E-state index in [9.17, 15) is 20.0 Å². The van der Waals surface area contributed by atoms with Crippen LogP contribution in [0.15, 0.2) is 65.1 Å². The van der Waals surface area contributed by atoms with E-state index in [-0.39, 0.29) is 16.6 Å². The largest absolute Gasteiger partial charge is 0.494 e. The summed E-state index contributed by atoms with van der Waals surface area (Å²) in [5, 5.41) is 20.8. The Hall–Kier alpha value is -4.20. The summed E-state index contributed by atoms with van der Waals surface area (Å²) < 4.78 is 11.5. The third-order valence-electron chi connectivity index (χ3n) is 4.70. The zero-order valence-electron chi connectivity index (χ0n) is 16.6. The smallest absolute Gasteiger partial charge is 0.336 e. The van der Waals surface area contributed by atoms with E-state index in [4.69, 9.17) is 9.15 Å². The Kier molecular flexibility index (Phi) is 5.36. The van der Waals surface area contributed by atoms with Crippen LogP contribution in [0.1, 0.15) is 23.7 Å². The highest BCUT2D eigenvalue weighted by Gasteiger charge is 2.18. The first-order valence-corrected chi connectivity index (χ1v) is 9.62. The number of rotatable bonds is 7. The Balaban J connectivity index is 1.71. The number of nitrogens with zero attached hydrogens (tertiary/aromatic N) is 2. The molecule has 2 aromatic carbocycles. The van der Waals surface area contributed by atoms with Gasteiger partial charge in [-0.15, -0.1) is 0 Å². The van der Waals surface area contributed by atoms with Gasteiger partial charge < -0.3 is 14.3 Å². The number of ether oxygens (including phenoxy) is 1. The highest BCUT2D eigenvalue weighted by atomic mass is 16.6. The first-order chi connectivity index (χ1) is 15.0. The Labute approximate surface area is 176 Å². The second-order valence-electron chi connectivity index (χ2n) is 6.86. The number of nitro benzene ring substituents is 1. The van der Waals surface area contributed by atoms with Gasteiger partial charge in [0.05, 0.1) is 22.6 Å². The van der Waals surface area contributed by atoms with Gasteiger partial charge in [-0.25, -0.2) is 9.78 Å². The summed E-state index contributed by atoms with van der Waals surface area (Å²) >= 11 is 0. The summed E-state index contributed by atoms with van der Waals surface area (Å²) in [6.45, 7) is 2.68. The fraction of sp³-hybridized carbons (Fsp3) is 0.130. The molecule has 0 aliphatic heterocycles. The molecule has 0 spiro atoms. The molecule has 0 saturated carbocycles. The molecule has 0 unspecified atom stereocenters. The summed E-state index contributed by atoms with van der Waals surface area (Å²) in [6.07, 6.45) is 0.924. The number of carboxylic acids is 1. The second-order valence-corrected chi connectivity index (χ2v) is 6.86. The van der Waals surface area contributed by atoms with E-state index < -0.39 is 10.9 Å². The Morgan fingerprint density at radius 3 is 2.52 bits per heavy atom. The topological polar surface area (TPSA) is 116 Å². The number of hydrogen-bond acceptors (Lipinski definition) is 6. The number of fused-ring (bicyclic) bond motifs is 1. The standard InChI is InChI=1S/C23H18N2O6/c1-2-11-30-16-6-3-14(4-7-16)21-9-10-22(31-21)20-13-18(23(26)27)17-12-15(25(28)29)5-8-19(17)24-20/h3-10,12-13H,2,11H2,1H3,(H,26,27). The maximum Gasteiger partial charge on any atom is 0.336 e. The van der Waals surface area contributed by atoms with Crippen molar-refractivity contribution < 1.29 is 24.0 Å². The van der Waals surface area contributed by atoms with E-state index in [1.54, 1.807) is 12.1 Å². The third-order valence-corrected chi connectivity index (χ3v) is 4.70. The molecular weight excluding hydrogens is 400 g/mol. The van der Waals surface area contributed by atoms with Gasteiger partial charge in [0.25, 0.3) is 5.69 Å². The molecular formula is C23H18N2O6. The van der Waals surface area contributed by atoms with Crippen LogP contribution in [0.5, 0.6) is 5.75 Å². The van der Waals surface area contributed by atoms with Crippen LogP contribution >= 0.6 is 0 Å². The fourth-order valence-corrected chi connectivity index (χ4v) is 3.20. The molecule has 0 atom stereocenters. The molecule has 0 bridgehead atoms. The average Bonchev–Trinajstić information content (AvgIpc) is 3.27. The van der Waals surface area contributed by atoms with E-state index in [1.807, 2.05) is 31.2 Å². The van der Waals surface area contributed by atoms with Crippen molar-refractivity contribution in [3.05, 3.63) is 76.3 Å². The number of non-ortho nitro benzene ring substituents is 1. The predicted molar refractivity (Wildman–Crippen MR) is 114 cm³/mol. The van der Waals surface area contributed by atoms with Crippen molar-refractivity contribution in [2.45, 2.75) is 13.3 Å². The number of aromatic nitrogens is 1. The van der Waals surface area contributed by atoms with Gasteiger partial charge in [-0.05, 0) is 55.0 Å². The molecule has 8 heteroatoms. The van der Waals surface area contributed by atoms with Gasteiger partial charge in [0, 0.05) is 23.1 Å². The van der Waals surface area contributed by atoms with Crippen LogP contribution in [-0.2, 0) is 0 Å². The molecule has 0 aliphatic carbocycles. The van der Waals surface area contributed by atoms with Crippen molar-refractivity contribution >= 4 is 22.6 Å². The molecule has 31 heavy (non-hydrogen) atoms. The van der Waals surface area contributed by atoms with E-state index in [0.717, 1.165) is 17.7 Å². The van der Waals surface area contributed by atoms with Crippen LogP contribution in [0.3, 0.4) is 0 Å². The van der Waals surface area contributed by atoms with Crippen LogP contribution in [0.2, 0.25) is 0 Å². The highest BCUT2D eigenvalue weighted by molar-refractivity contribution is 6.04. The molecule has 4 rings (SSSR count). The highest BCUT2D eigenvalue weighted by Crippen LogP contribution is 2.32. The Morgan fingerprint density at radius 1 is 1.10 bits per heavy atom. The van der Waals surface area contributed by atoms with Gasteiger partial charge in [0.2, 0.25) is 0 Å². The molecule has 0 fully saturated rings. The zero-order chi connectivity index (χ0) is 22.0. The molecule has 0 amide bonds. The molecule has 156 valence electrons. The number of aromatic carboxylic acids is 1.